The topological polar surface area (TPSA) is 103 Å². The van der Waals surface area contributed by atoms with Gasteiger partial charge in [-0.15, -0.1) is 0 Å². The molecule has 2 aromatic carbocycles. The van der Waals surface area contributed by atoms with Crippen molar-refractivity contribution in [3.63, 3.8) is 0 Å². The third-order valence-corrected chi connectivity index (χ3v) is 5.01. The molecule has 0 saturated carbocycles. The van der Waals surface area contributed by atoms with Crippen LogP contribution in [0.15, 0.2) is 42.5 Å². The molecular formula is C26H34N2O6. The summed E-state index contributed by atoms with van der Waals surface area (Å²) in [5.74, 6) is 1.54. The number of carbonyl (C=O) groups excluding carboxylic acids is 1. The second kappa shape index (κ2) is 12.6. The molecule has 0 amide bonds. The number of H-pyrrole nitrogens is 1. The summed E-state index contributed by atoms with van der Waals surface area (Å²) in [6, 6.07) is 13.3. The van der Waals surface area contributed by atoms with E-state index >= 15 is 0 Å². The average Bonchev–Trinajstić information content (AvgIpc) is 3.25. The maximum Gasteiger partial charge on any atom is 0.168 e. The maximum atomic E-state index is 12.6. The van der Waals surface area contributed by atoms with Gasteiger partial charge in [0, 0.05) is 16.5 Å². The molecule has 0 unspecified atom stereocenters. The van der Waals surface area contributed by atoms with Gasteiger partial charge in [-0.2, -0.15) is 0 Å². The van der Waals surface area contributed by atoms with E-state index < -0.39 is 5.41 Å². The normalized spacial score (nSPS) is 11.8. The number of ether oxygens (including phenoxy) is 4. The standard InChI is InChI=1S/C26H34N2O6/c1-26(2,3)24(30)19-7-8-22-23(18-19)28-25(27-22)20-5-4-6-21(17-20)34-16-15-33-14-13-32-12-11-31-10-9-29/h4-8,17-18,29H,9-16H2,1-3H3,(H,27,28). The second-order valence-electron chi connectivity index (χ2n) is 8.83. The monoisotopic (exact) mass is 470 g/mol. The van der Waals surface area contributed by atoms with E-state index in [4.69, 9.17) is 24.1 Å². The number of imidazole rings is 1. The number of aromatic amines is 1. The van der Waals surface area contributed by atoms with Gasteiger partial charge < -0.3 is 29.0 Å². The molecule has 2 N–H and O–H groups in total. The predicted octanol–water partition coefficient (Wildman–Crippen LogP) is 3.88. The number of ketones is 1. The van der Waals surface area contributed by atoms with Gasteiger partial charge in [0.05, 0.1) is 57.3 Å². The van der Waals surface area contributed by atoms with Gasteiger partial charge in [0.25, 0.3) is 0 Å². The highest BCUT2D eigenvalue weighted by atomic mass is 16.6. The van der Waals surface area contributed by atoms with Crippen LogP contribution in [-0.2, 0) is 14.2 Å². The SMILES string of the molecule is CC(C)(C)C(=O)c1ccc2nc(-c3cccc(OCCOCCOCCOCCO)c3)[nH]c2c1. The lowest BCUT2D eigenvalue weighted by atomic mass is 9.86. The second-order valence-corrected chi connectivity index (χ2v) is 8.83. The van der Waals surface area contributed by atoms with Crippen LogP contribution < -0.4 is 4.74 Å². The Labute approximate surface area is 200 Å². The molecule has 0 radical (unpaired) electrons. The molecule has 0 saturated heterocycles. The van der Waals surface area contributed by atoms with Crippen molar-refractivity contribution in [1.29, 1.82) is 0 Å². The molecule has 0 fully saturated rings. The summed E-state index contributed by atoms with van der Waals surface area (Å²) in [5.41, 5.74) is 2.77. The number of aliphatic hydroxyl groups excluding tert-OH is 1. The number of hydrogen-bond donors (Lipinski definition) is 2. The van der Waals surface area contributed by atoms with Crippen molar-refractivity contribution in [1.82, 2.24) is 9.97 Å². The van der Waals surface area contributed by atoms with Gasteiger partial charge in [-0.05, 0) is 30.3 Å². The van der Waals surface area contributed by atoms with Crippen LogP contribution in [0.1, 0.15) is 31.1 Å². The minimum Gasteiger partial charge on any atom is -0.491 e. The van der Waals surface area contributed by atoms with Crippen LogP contribution in [0.4, 0.5) is 0 Å². The van der Waals surface area contributed by atoms with Gasteiger partial charge in [-0.1, -0.05) is 32.9 Å². The minimum atomic E-state index is -0.436. The van der Waals surface area contributed by atoms with Crippen LogP contribution in [0.3, 0.4) is 0 Å². The van der Waals surface area contributed by atoms with Crippen molar-refractivity contribution < 1.29 is 28.8 Å². The number of aliphatic hydroxyl groups is 1. The Morgan fingerprint density at radius 1 is 0.912 bits per heavy atom. The summed E-state index contributed by atoms with van der Waals surface area (Å²) in [6.45, 7) is 8.85. The number of fused-ring (bicyclic) bond motifs is 1. The molecule has 8 heteroatoms. The van der Waals surface area contributed by atoms with E-state index in [1.54, 1.807) is 0 Å². The third-order valence-electron chi connectivity index (χ3n) is 5.01. The van der Waals surface area contributed by atoms with Crippen LogP contribution in [0.25, 0.3) is 22.4 Å². The number of aromatic nitrogens is 2. The van der Waals surface area contributed by atoms with E-state index in [1.807, 2.05) is 63.2 Å². The molecule has 0 bridgehead atoms. The Kier molecular flexibility index (Phi) is 9.59. The van der Waals surface area contributed by atoms with Crippen LogP contribution in [0, 0.1) is 5.41 Å². The van der Waals surface area contributed by atoms with Crippen LogP contribution in [0.5, 0.6) is 5.75 Å². The van der Waals surface area contributed by atoms with E-state index in [2.05, 4.69) is 9.97 Å². The number of carbonyl (C=O) groups is 1. The zero-order chi connectivity index (χ0) is 24.4. The van der Waals surface area contributed by atoms with Crippen LogP contribution >= 0.6 is 0 Å². The summed E-state index contributed by atoms with van der Waals surface area (Å²) in [4.78, 5) is 20.6. The Bertz CT molecular complexity index is 1060. The van der Waals surface area contributed by atoms with Gasteiger partial charge in [0.15, 0.2) is 5.78 Å². The molecule has 34 heavy (non-hydrogen) atoms. The van der Waals surface area contributed by atoms with E-state index in [1.165, 1.54) is 0 Å². The number of hydrogen-bond acceptors (Lipinski definition) is 7. The third kappa shape index (κ3) is 7.63. The number of nitrogens with one attached hydrogen (secondary N) is 1. The minimum absolute atomic E-state index is 0.0188. The molecule has 3 rings (SSSR count). The Morgan fingerprint density at radius 2 is 1.59 bits per heavy atom. The quantitative estimate of drug-likeness (QED) is 0.272. The van der Waals surface area contributed by atoms with Crippen molar-refractivity contribution in [3.05, 3.63) is 48.0 Å². The highest BCUT2D eigenvalue weighted by Crippen LogP contribution is 2.27. The smallest absolute Gasteiger partial charge is 0.168 e. The van der Waals surface area contributed by atoms with Crippen LogP contribution in [-0.4, -0.2) is 73.7 Å². The van der Waals surface area contributed by atoms with Crippen molar-refractivity contribution in [2.24, 2.45) is 5.41 Å². The zero-order valence-corrected chi connectivity index (χ0v) is 20.1. The van der Waals surface area contributed by atoms with Gasteiger partial charge >= 0.3 is 0 Å². The van der Waals surface area contributed by atoms with Crippen molar-refractivity contribution >= 4 is 16.8 Å². The Balaban J connectivity index is 1.48. The average molecular weight is 471 g/mol. The summed E-state index contributed by atoms with van der Waals surface area (Å²) >= 11 is 0. The molecule has 0 aliphatic rings. The molecular weight excluding hydrogens is 436 g/mol. The largest absolute Gasteiger partial charge is 0.491 e. The fourth-order valence-corrected chi connectivity index (χ4v) is 3.28. The molecule has 1 heterocycles. The van der Waals surface area contributed by atoms with E-state index in [0.717, 1.165) is 28.2 Å². The van der Waals surface area contributed by atoms with Crippen molar-refractivity contribution in [3.8, 4) is 17.1 Å². The molecule has 3 aromatic rings. The summed E-state index contributed by atoms with van der Waals surface area (Å²) in [5, 5.41) is 8.61. The molecule has 184 valence electrons. The highest BCUT2D eigenvalue weighted by Gasteiger charge is 2.23. The first-order chi connectivity index (χ1) is 16.4. The van der Waals surface area contributed by atoms with Gasteiger partial charge in [-0.3, -0.25) is 4.79 Å². The Morgan fingerprint density at radius 3 is 2.26 bits per heavy atom. The van der Waals surface area contributed by atoms with E-state index in [9.17, 15) is 4.79 Å². The highest BCUT2D eigenvalue weighted by molar-refractivity contribution is 6.02. The zero-order valence-electron chi connectivity index (χ0n) is 20.1. The first kappa shape index (κ1) is 25.8. The molecule has 0 atom stereocenters. The van der Waals surface area contributed by atoms with Crippen LogP contribution in [0.2, 0.25) is 0 Å². The Hall–Kier alpha value is -2.78. The van der Waals surface area contributed by atoms with Gasteiger partial charge in [0.1, 0.15) is 18.2 Å². The fraction of sp³-hybridized carbons (Fsp3) is 0.462. The molecule has 0 spiro atoms. The lowest BCUT2D eigenvalue weighted by Gasteiger charge is -2.16. The van der Waals surface area contributed by atoms with Gasteiger partial charge in [-0.25, -0.2) is 4.98 Å². The maximum absolute atomic E-state index is 12.6. The number of Topliss-reactive ketones (excluding diaryl/α,β-unsaturated/α-hetero) is 1. The van der Waals surface area contributed by atoms with E-state index in [0.29, 0.717) is 51.8 Å². The summed E-state index contributed by atoms with van der Waals surface area (Å²) < 4.78 is 21.8. The molecule has 1 aromatic heterocycles. The molecule has 0 aliphatic heterocycles. The van der Waals surface area contributed by atoms with Crippen molar-refractivity contribution in [2.75, 3.05) is 52.9 Å². The van der Waals surface area contributed by atoms with Gasteiger partial charge in [0.2, 0.25) is 0 Å². The first-order valence-electron chi connectivity index (χ1n) is 11.5. The number of rotatable bonds is 14. The summed E-state index contributed by atoms with van der Waals surface area (Å²) in [7, 11) is 0. The summed E-state index contributed by atoms with van der Waals surface area (Å²) in [6.07, 6.45) is 0. The number of benzene rings is 2. The number of nitrogens with zero attached hydrogens (tertiary/aromatic N) is 1. The molecule has 0 aliphatic carbocycles. The lowest BCUT2D eigenvalue weighted by Crippen LogP contribution is -2.19. The molecule has 8 nitrogen and oxygen atoms in total. The fourth-order valence-electron chi connectivity index (χ4n) is 3.28. The van der Waals surface area contributed by atoms with E-state index in [-0.39, 0.29) is 12.4 Å². The van der Waals surface area contributed by atoms with Crippen molar-refractivity contribution in [2.45, 2.75) is 20.8 Å². The first-order valence-corrected chi connectivity index (χ1v) is 11.5. The lowest BCUT2D eigenvalue weighted by molar-refractivity contribution is 0.00361. The predicted molar refractivity (Wildman–Crippen MR) is 130 cm³/mol.